The van der Waals surface area contributed by atoms with Crippen molar-refractivity contribution in [2.24, 2.45) is 0 Å². The summed E-state index contributed by atoms with van der Waals surface area (Å²) in [5.41, 5.74) is -0.0149. The Bertz CT molecular complexity index is 410. The van der Waals surface area contributed by atoms with Gasteiger partial charge in [-0.3, -0.25) is 0 Å². The first-order valence-electron chi connectivity index (χ1n) is 4.43. The molecule has 0 atom stereocenters. The van der Waals surface area contributed by atoms with Gasteiger partial charge in [-0.05, 0) is 18.1 Å². The van der Waals surface area contributed by atoms with E-state index in [-0.39, 0.29) is 17.1 Å². The average molecular weight is 250 g/mol. The zero-order valence-corrected chi connectivity index (χ0v) is 9.52. The molecule has 0 fully saturated rings. The molecule has 0 aliphatic rings. The zero-order valence-electron chi connectivity index (χ0n) is 8.76. The number of carbonyl (C=O) groups is 1. The maximum Gasteiger partial charge on any atom is 0.357 e. The van der Waals surface area contributed by atoms with Crippen LogP contribution in [0.4, 0.5) is 8.78 Å². The van der Waals surface area contributed by atoms with Gasteiger partial charge in [0.05, 0.1) is 12.7 Å². The zero-order chi connectivity index (χ0) is 12.3. The maximum atomic E-state index is 12.8. The second kappa shape index (κ2) is 5.21. The molecule has 0 aliphatic heterocycles. The summed E-state index contributed by atoms with van der Waals surface area (Å²) >= 11 is 5.57. The number of nitrogens with zero attached hydrogens (tertiary/aromatic N) is 1. The van der Waals surface area contributed by atoms with Crippen molar-refractivity contribution in [3.8, 4) is 0 Å². The Morgan fingerprint density at radius 2 is 2.25 bits per heavy atom. The molecule has 0 unspecified atom stereocenters. The van der Waals surface area contributed by atoms with Crippen molar-refractivity contribution in [1.29, 1.82) is 0 Å². The summed E-state index contributed by atoms with van der Waals surface area (Å²) in [6, 6.07) is 0. The molecule has 0 N–H and O–H groups in total. The van der Waals surface area contributed by atoms with Crippen LogP contribution in [0.3, 0.4) is 0 Å². The number of pyridine rings is 1. The maximum absolute atomic E-state index is 12.8. The highest BCUT2D eigenvalue weighted by atomic mass is 35.5. The van der Waals surface area contributed by atoms with E-state index in [0.29, 0.717) is 5.56 Å². The minimum atomic E-state index is -2.79. The first kappa shape index (κ1) is 12.8. The summed E-state index contributed by atoms with van der Waals surface area (Å²) in [5.74, 6) is -0.806. The molecule has 1 aromatic rings. The van der Waals surface area contributed by atoms with E-state index in [2.05, 4.69) is 9.72 Å². The van der Waals surface area contributed by atoms with Crippen LogP contribution >= 0.6 is 11.6 Å². The smallest absolute Gasteiger partial charge is 0.357 e. The van der Waals surface area contributed by atoms with E-state index in [1.807, 2.05) is 0 Å². The van der Waals surface area contributed by atoms with Crippen molar-refractivity contribution >= 4 is 17.6 Å². The van der Waals surface area contributed by atoms with Gasteiger partial charge < -0.3 is 4.74 Å². The van der Waals surface area contributed by atoms with Gasteiger partial charge in [0.1, 0.15) is 0 Å². The summed E-state index contributed by atoms with van der Waals surface area (Å²) in [6.45, 7) is 1.48. The number of halogens is 3. The standard InChI is InChI=1S/C10H10ClF2NO2/c1-5-6(3-11)4-14-8(10(15)16-2)7(5)9(12)13/h4,9H,3H2,1-2H3. The van der Waals surface area contributed by atoms with Gasteiger partial charge in [0, 0.05) is 12.1 Å². The van der Waals surface area contributed by atoms with Crippen LogP contribution in [-0.4, -0.2) is 18.1 Å². The third-order valence-corrected chi connectivity index (χ3v) is 2.52. The average Bonchev–Trinajstić information content (AvgIpc) is 2.26. The largest absolute Gasteiger partial charge is 0.464 e. The van der Waals surface area contributed by atoms with E-state index < -0.39 is 18.0 Å². The van der Waals surface area contributed by atoms with E-state index in [1.165, 1.54) is 13.1 Å². The lowest BCUT2D eigenvalue weighted by molar-refractivity contribution is 0.0581. The van der Waals surface area contributed by atoms with Crippen LogP contribution in [0.2, 0.25) is 0 Å². The molecule has 1 aromatic heterocycles. The highest BCUT2D eigenvalue weighted by molar-refractivity contribution is 6.17. The van der Waals surface area contributed by atoms with Crippen molar-refractivity contribution in [3.05, 3.63) is 28.6 Å². The Kier molecular flexibility index (Phi) is 4.18. The molecule has 0 amide bonds. The second-order valence-electron chi connectivity index (χ2n) is 3.10. The summed E-state index contributed by atoms with van der Waals surface area (Å²) < 4.78 is 30.0. The van der Waals surface area contributed by atoms with Gasteiger partial charge >= 0.3 is 5.97 Å². The fourth-order valence-electron chi connectivity index (χ4n) is 1.32. The molecule has 0 saturated carbocycles. The van der Waals surface area contributed by atoms with Crippen LogP contribution < -0.4 is 0 Å². The number of hydrogen-bond donors (Lipinski definition) is 0. The summed E-state index contributed by atoms with van der Waals surface area (Å²) in [7, 11) is 1.12. The molecule has 0 radical (unpaired) electrons. The second-order valence-corrected chi connectivity index (χ2v) is 3.36. The van der Waals surface area contributed by atoms with Crippen molar-refractivity contribution < 1.29 is 18.3 Å². The molecule has 6 heteroatoms. The number of alkyl halides is 3. The lowest BCUT2D eigenvalue weighted by Gasteiger charge is -2.12. The van der Waals surface area contributed by atoms with Gasteiger partial charge in [-0.15, -0.1) is 11.6 Å². The van der Waals surface area contributed by atoms with Gasteiger partial charge in [-0.1, -0.05) is 0 Å². The Labute approximate surface area is 96.4 Å². The SMILES string of the molecule is COC(=O)c1ncc(CCl)c(C)c1C(F)F. The fourth-order valence-corrected chi connectivity index (χ4v) is 1.59. The number of hydrogen-bond acceptors (Lipinski definition) is 3. The monoisotopic (exact) mass is 249 g/mol. The van der Waals surface area contributed by atoms with Crippen LogP contribution in [-0.2, 0) is 10.6 Å². The summed E-state index contributed by atoms with van der Waals surface area (Å²) in [6.07, 6.45) is -1.48. The molecule has 3 nitrogen and oxygen atoms in total. The normalized spacial score (nSPS) is 10.6. The topological polar surface area (TPSA) is 39.2 Å². The van der Waals surface area contributed by atoms with Gasteiger partial charge in [0.2, 0.25) is 0 Å². The Morgan fingerprint density at radius 1 is 1.62 bits per heavy atom. The van der Waals surface area contributed by atoms with Crippen molar-refractivity contribution in [3.63, 3.8) is 0 Å². The quantitative estimate of drug-likeness (QED) is 0.611. The Hall–Kier alpha value is -1.23. The molecule has 0 aliphatic carbocycles. The molecule has 1 heterocycles. The molecule has 1 rings (SSSR count). The Morgan fingerprint density at radius 3 is 2.69 bits per heavy atom. The third-order valence-electron chi connectivity index (χ3n) is 2.23. The fraction of sp³-hybridized carbons (Fsp3) is 0.400. The van der Waals surface area contributed by atoms with E-state index in [1.54, 1.807) is 0 Å². The predicted molar refractivity (Wildman–Crippen MR) is 54.8 cm³/mol. The number of carbonyl (C=O) groups excluding carboxylic acids is 1. The number of esters is 1. The Balaban J connectivity index is 3.40. The molecule has 0 bridgehead atoms. The van der Waals surface area contributed by atoms with Crippen LogP contribution in [0, 0.1) is 6.92 Å². The molecular formula is C10H10ClF2NO2. The van der Waals surface area contributed by atoms with Crippen LogP contribution in [0.1, 0.15) is 33.6 Å². The van der Waals surface area contributed by atoms with E-state index >= 15 is 0 Å². The first-order chi connectivity index (χ1) is 7.52. The highest BCUT2D eigenvalue weighted by Crippen LogP contribution is 2.28. The summed E-state index contributed by atoms with van der Waals surface area (Å²) in [5, 5.41) is 0. The first-order valence-corrected chi connectivity index (χ1v) is 4.97. The van der Waals surface area contributed by atoms with Crippen molar-refractivity contribution in [2.45, 2.75) is 19.2 Å². The molecule has 88 valence electrons. The van der Waals surface area contributed by atoms with Crippen molar-refractivity contribution in [1.82, 2.24) is 4.98 Å². The lowest BCUT2D eigenvalue weighted by atomic mass is 10.0. The highest BCUT2D eigenvalue weighted by Gasteiger charge is 2.24. The predicted octanol–water partition coefficient (Wildman–Crippen LogP) is 2.85. The summed E-state index contributed by atoms with van der Waals surface area (Å²) in [4.78, 5) is 14.9. The van der Waals surface area contributed by atoms with Crippen LogP contribution in [0.15, 0.2) is 6.20 Å². The van der Waals surface area contributed by atoms with Gasteiger partial charge in [0.15, 0.2) is 5.69 Å². The van der Waals surface area contributed by atoms with Gasteiger partial charge in [0.25, 0.3) is 6.43 Å². The molecule has 0 spiro atoms. The van der Waals surface area contributed by atoms with E-state index in [0.717, 1.165) is 7.11 Å². The minimum Gasteiger partial charge on any atom is -0.464 e. The van der Waals surface area contributed by atoms with Gasteiger partial charge in [-0.2, -0.15) is 0 Å². The van der Waals surface area contributed by atoms with Crippen LogP contribution in [0.5, 0.6) is 0 Å². The number of aromatic nitrogens is 1. The van der Waals surface area contributed by atoms with E-state index in [4.69, 9.17) is 11.6 Å². The lowest BCUT2D eigenvalue weighted by Crippen LogP contribution is -2.12. The number of methoxy groups -OCH3 is 1. The molecule has 0 aromatic carbocycles. The van der Waals surface area contributed by atoms with Crippen LogP contribution in [0.25, 0.3) is 0 Å². The third kappa shape index (κ3) is 2.29. The van der Waals surface area contributed by atoms with Crippen molar-refractivity contribution in [2.75, 3.05) is 7.11 Å². The van der Waals surface area contributed by atoms with E-state index in [9.17, 15) is 13.6 Å². The number of rotatable bonds is 3. The van der Waals surface area contributed by atoms with Gasteiger partial charge in [-0.25, -0.2) is 18.6 Å². The molecule has 16 heavy (non-hydrogen) atoms. The molecule has 0 saturated heterocycles. The minimum absolute atomic E-state index is 0.0695. The molecular weight excluding hydrogens is 240 g/mol. The number of ether oxygens (including phenoxy) is 1.